The summed E-state index contributed by atoms with van der Waals surface area (Å²) in [5.41, 5.74) is 2.76. The summed E-state index contributed by atoms with van der Waals surface area (Å²) in [6, 6.07) is 0. The van der Waals surface area contributed by atoms with Gasteiger partial charge in [-0.1, -0.05) is 42.4 Å². The lowest BCUT2D eigenvalue weighted by molar-refractivity contribution is -0.193. The van der Waals surface area contributed by atoms with Gasteiger partial charge in [-0.3, -0.25) is 0 Å². The average Bonchev–Trinajstić information content (AvgIpc) is 3.38. The number of rotatable bonds is 10. The van der Waals surface area contributed by atoms with Gasteiger partial charge in [0, 0.05) is 19.1 Å². The molecule has 2 heterocycles. The molecule has 2 unspecified atom stereocenters. The topological polar surface area (TPSA) is 57.2 Å². The third kappa shape index (κ3) is 7.75. The van der Waals surface area contributed by atoms with Gasteiger partial charge in [0.2, 0.25) is 0 Å². The van der Waals surface area contributed by atoms with Gasteiger partial charge in [0.25, 0.3) is 0 Å². The largest absolute Gasteiger partial charge is 0.392 e. The Morgan fingerprint density at radius 1 is 1.06 bits per heavy atom. The summed E-state index contributed by atoms with van der Waals surface area (Å²) in [6.45, 7) is 8.36. The Labute approximate surface area is 212 Å². The van der Waals surface area contributed by atoms with Gasteiger partial charge in [0.1, 0.15) is 0 Å². The van der Waals surface area contributed by atoms with Gasteiger partial charge in [-0.2, -0.15) is 0 Å². The molecule has 2 aliphatic carbocycles. The van der Waals surface area contributed by atoms with Gasteiger partial charge >= 0.3 is 0 Å². The van der Waals surface area contributed by atoms with Crippen LogP contribution >= 0.6 is 0 Å². The maximum Gasteiger partial charge on any atom is 0.158 e. The van der Waals surface area contributed by atoms with E-state index in [1.165, 1.54) is 24.0 Å². The number of aliphatic hydroxyl groups is 1. The van der Waals surface area contributed by atoms with Crippen LogP contribution in [0.4, 0.5) is 0 Å². The fraction of sp³-hybridized carbons (Fsp3) is 0.800. The maximum atomic E-state index is 9.44. The lowest BCUT2D eigenvalue weighted by Crippen LogP contribution is -2.32. The van der Waals surface area contributed by atoms with E-state index in [1.54, 1.807) is 0 Å². The fourth-order valence-electron chi connectivity index (χ4n) is 6.36. The zero-order chi connectivity index (χ0) is 24.6. The Bertz CT molecular complexity index is 727. The molecule has 0 amide bonds. The van der Waals surface area contributed by atoms with E-state index >= 15 is 0 Å². The Balaban J connectivity index is 1.49. The van der Waals surface area contributed by atoms with Crippen molar-refractivity contribution in [1.29, 1.82) is 0 Å². The third-order valence-electron chi connectivity index (χ3n) is 8.36. The van der Waals surface area contributed by atoms with Crippen molar-refractivity contribution >= 4 is 0 Å². The highest BCUT2D eigenvalue weighted by Gasteiger charge is 2.47. The molecule has 4 rings (SSSR count). The second-order valence-electron chi connectivity index (χ2n) is 11.4. The van der Waals surface area contributed by atoms with Crippen molar-refractivity contribution < 1.29 is 24.1 Å². The first kappa shape index (κ1) is 27.1. The van der Waals surface area contributed by atoms with Crippen molar-refractivity contribution in [3.8, 4) is 0 Å². The monoisotopic (exact) mass is 488 g/mol. The van der Waals surface area contributed by atoms with E-state index in [-0.39, 0.29) is 31.4 Å². The molecule has 8 atom stereocenters. The van der Waals surface area contributed by atoms with Crippen molar-refractivity contribution in [3.05, 3.63) is 35.5 Å². The Hall–Kier alpha value is -0.980. The smallest absolute Gasteiger partial charge is 0.158 e. The van der Waals surface area contributed by atoms with E-state index in [1.807, 2.05) is 6.08 Å². The molecule has 0 aromatic heterocycles. The molecule has 2 saturated carbocycles. The van der Waals surface area contributed by atoms with Gasteiger partial charge < -0.3 is 24.1 Å². The average molecular weight is 489 g/mol. The van der Waals surface area contributed by atoms with Gasteiger partial charge in [-0.05, 0) is 95.8 Å². The molecule has 0 aromatic rings. The minimum atomic E-state index is -0.0999. The summed E-state index contributed by atoms with van der Waals surface area (Å²) in [5, 5.41) is 9.44. The Kier molecular flexibility index (Phi) is 10.5. The quantitative estimate of drug-likeness (QED) is 0.365. The molecule has 2 aliphatic heterocycles. The summed E-state index contributed by atoms with van der Waals surface area (Å²) >= 11 is 0. The molecule has 35 heavy (non-hydrogen) atoms. The van der Waals surface area contributed by atoms with Crippen LogP contribution in [0.5, 0.6) is 0 Å². The maximum absolute atomic E-state index is 9.44. The van der Waals surface area contributed by atoms with Crippen LogP contribution in [0.15, 0.2) is 35.5 Å². The van der Waals surface area contributed by atoms with Gasteiger partial charge in [-0.25, -0.2) is 0 Å². The molecule has 4 aliphatic rings. The number of hydrogen-bond acceptors (Lipinski definition) is 5. The van der Waals surface area contributed by atoms with E-state index in [0.717, 1.165) is 64.6 Å². The number of hydrogen-bond donors (Lipinski definition) is 1. The number of fused-ring (bicyclic) bond motifs is 1. The van der Waals surface area contributed by atoms with Crippen LogP contribution < -0.4 is 0 Å². The van der Waals surface area contributed by atoms with Crippen LogP contribution in [0.2, 0.25) is 0 Å². The standard InChI is InChI=1S/C30H48O5/c1-21(2)10-11-22(3)27(34-29-8-4-6-16-32-29)13-12-25-26-19-23(14-15-31)18-24(26)20-28(25)35-30-9-5-7-17-33-30/h10,12-14,22,24-31H,4-9,11,15-20H2,1-3H3/b13-12+,23-14?/t22-,24-,25+,26-,27+,28+,29?,30?/m0/s1. The zero-order valence-electron chi connectivity index (χ0n) is 22.2. The van der Waals surface area contributed by atoms with Crippen LogP contribution in [-0.2, 0) is 18.9 Å². The first-order chi connectivity index (χ1) is 17.0. The highest BCUT2D eigenvalue weighted by Crippen LogP contribution is 2.52. The SMILES string of the molecule is CC(C)=CC[C@H](C)[C@@H](/C=C/[C@@H]1[C@H]2CC(=CCO)C[C@H]2C[C@H]1OC1CCCCO1)OC1CCCCO1. The van der Waals surface area contributed by atoms with Crippen LogP contribution in [0.3, 0.4) is 0 Å². The highest BCUT2D eigenvalue weighted by molar-refractivity contribution is 5.18. The lowest BCUT2D eigenvalue weighted by Gasteiger charge is -2.31. The molecular formula is C30H48O5. The number of allylic oxidation sites excluding steroid dienone is 3. The summed E-state index contributed by atoms with van der Waals surface area (Å²) < 4.78 is 25.0. The summed E-state index contributed by atoms with van der Waals surface area (Å²) in [5.74, 6) is 1.92. The zero-order valence-corrected chi connectivity index (χ0v) is 22.2. The van der Waals surface area contributed by atoms with Crippen molar-refractivity contribution in [1.82, 2.24) is 0 Å². The van der Waals surface area contributed by atoms with Crippen LogP contribution in [-0.4, -0.2) is 49.7 Å². The Morgan fingerprint density at radius 2 is 1.80 bits per heavy atom. The Morgan fingerprint density at radius 3 is 2.46 bits per heavy atom. The van der Waals surface area contributed by atoms with Crippen LogP contribution in [0, 0.1) is 23.7 Å². The lowest BCUT2D eigenvalue weighted by atomic mass is 9.89. The second kappa shape index (κ2) is 13.5. The van der Waals surface area contributed by atoms with Crippen molar-refractivity contribution in [2.24, 2.45) is 23.7 Å². The molecule has 5 nitrogen and oxygen atoms in total. The highest BCUT2D eigenvalue weighted by atomic mass is 16.7. The third-order valence-corrected chi connectivity index (χ3v) is 8.36. The van der Waals surface area contributed by atoms with Gasteiger partial charge in [0.05, 0.1) is 18.8 Å². The second-order valence-corrected chi connectivity index (χ2v) is 11.4. The number of ether oxygens (including phenoxy) is 4. The molecule has 1 N–H and O–H groups in total. The molecule has 0 aromatic carbocycles. The fourth-order valence-corrected chi connectivity index (χ4v) is 6.36. The minimum Gasteiger partial charge on any atom is -0.392 e. The van der Waals surface area contributed by atoms with E-state index in [4.69, 9.17) is 18.9 Å². The summed E-state index contributed by atoms with van der Waals surface area (Å²) in [7, 11) is 0. The molecular weight excluding hydrogens is 440 g/mol. The molecule has 0 radical (unpaired) electrons. The van der Waals surface area contributed by atoms with E-state index in [0.29, 0.717) is 23.7 Å². The first-order valence-corrected chi connectivity index (χ1v) is 14.2. The molecule has 4 fully saturated rings. The minimum absolute atomic E-state index is 0.0215. The predicted octanol–water partition coefficient (Wildman–Crippen LogP) is 6.32. The van der Waals surface area contributed by atoms with Crippen LogP contribution in [0.1, 0.15) is 85.0 Å². The summed E-state index contributed by atoms with van der Waals surface area (Å²) in [4.78, 5) is 0. The number of aliphatic hydroxyl groups excluding tert-OH is 1. The van der Waals surface area contributed by atoms with Crippen LogP contribution in [0.25, 0.3) is 0 Å². The van der Waals surface area contributed by atoms with Crippen molar-refractivity contribution in [3.63, 3.8) is 0 Å². The normalized spacial score (nSPS) is 36.4. The van der Waals surface area contributed by atoms with E-state index in [2.05, 4.69) is 39.0 Å². The van der Waals surface area contributed by atoms with Crippen molar-refractivity contribution in [2.75, 3.05) is 19.8 Å². The molecule has 2 saturated heterocycles. The predicted molar refractivity (Wildman–Crippen MR) is 139 cm³/mol. The van der Waals surface area contributed by atoms with E-state index in [9.17, 15) is 5.11 Å². The molecule has 0 bridgehead atoms. The molecule has 0 spiro atoms. The van der Waals surface area contributed by atoms with E-state index < -0.39 is 0 Å². The summed E-state index contributed by atoms with van der Waals surface area (Å²) in [6.07, 6.45) is 20.0. The molecule has 198 valence electrons. The first-order valence-electron chi connectivity index (χ1n) is 14.2. The molecule has 5 heteroatoms. The van der Waals surface area contributed by atoms with Crippen molar-refractivity contribution in [2.45, 2.75) is 110 Å². The van der Waals surface area contributed by atoms with Gasteiger partial charge in [0.15, 0.2) is 12.6 Å². The van der Waals surface area contributed by atoms with Gasteiger partial charge in [-0.15, -0.1) is 0 Å².